The number of aromatic nitrogens is 5. The average Bonchev–Trinajstić information content (AvgIpc) is 3.70. The van der Waals surface area contributed by atoms with Crippen molar-refractivity contribution in [2.24, 2.45) is 7.05 Å². The van der Waals surface area contributed by atoms with Gasteiger partial charge in [-0.2, -0.15) is 18.3 Å². The fourth-order valence-corrected chi connectivity index (χ4v) is 5.81. The molecule has 1 aliphatic heterocycles. The van der Waals surface area contributed by atoms with Crippen LogP contribution in [0.3, 0.4) is 0 Å². The van der Waals surface area contributed by atoms with E-state index in [-0.39, 0.29) is 48.7 Å². The monoisotopic (exact) mass is 633 g/mol. The first-order valence-electron chi connectivity index (χ1n) is 14.4. The van der Waals surface area contributed by atoms with Crippen LogP contribution in [0.25, 0.3) is 22.0 Å². The first-order chi connectivity index (χ1) is 22.1. The Morgan fingerprint density at radius 1 is 1.09 bits per heavy atom. The van der Waals surface area contributed by atoms with E-state index in [1.54, 1.807) is 58.5 Å². The Labute approximate surface area is 261 Å². The summed E-state index contributed by atoms with van der Waals surface area (Å²) >= 11 is 0. The van der Waals surface area contributed by atoms with Crippen LogP contribution in [0.4, 0.5) is 18.9 Å². The lowest BCUT2D eigenvalue weighted by Crippen LogP contribution is -2.38. The fourth-order valence-electron chi connectivity index (χ4n) is 5.81. The molecule has 0 unspecified atom stereocenters. The molecule has 2 aromatic carbocycles. The average molecular weight is 634 g/mol. The van der Waals surface area contributed by atoms with Crippen molar-refractivity contribution in [3.8, 4) is 16.9 Å². The summed E-state index contributed by atoms with van der Waals surface area (Å²) in [7, 11) is 4.44. The molecule has 0 saturated heterocycles. The molecule has 5 aromatic rings. The number of alkyl halides is 3. The number of fused-ring (bicyclic) bond motifs is 2. The number of carbonyl (C=O) groups excluding carboxylic acids is 2. The lowest BCUT2D eigenvalue weighted by molar-refractivity contribution is -0.141. The second kappa shape index (κ2) is 12.3. The van der Waals surface area contributed by atoms with E-state index in [9.17, 15) is 22.8 Å². The zero-order chi connectivity index (χ0) is 32.6. The highest BCUT2D eigenvalue weighted by Crippen LogP contribution is 2.41. The van der Waals surface area contributed by atoms with Crippen LogP contribution in [-0.2, 0) is 30.9 Å². The van der Waals surface area contributed by atoms with Gasteiger partial charge in [-0.1, -0.05) is 0 Å². The van der Waals surface area contributed by atoms with Crippen LogP contribution in [0, 0.1) is 0 Å². The third-order valence-corrected chi connectivity index (χ3v) is 7.84. The fraction of sp³-hybridized carbons (Fsp3) is 0.281. The summed E-state index contributed by atoms with van der Waals surface area (Å²) in [6.45, 7) is 1.06. The highest BCUT2D eigenvalue weighted by Gasteiger charge is 2.39. The maximum atomic E-state index is 14.4. The molecular formula is C32H30F3N7O4. The number of aryl methyl sites for hydroxylation is 1. The van der Waals surface area contributed by atoms with E-state index in [1.807, 2.05) is 0 Å². The zero-order valence-corrected chi connectivity index (χ0v) is 25.3. The molecule has 3 aromatic heterocycles. The molecule has 0 aliphatic carbocycles. The van der Waals surface area contributed by atoms with Crippen LogP contribution >= 0.6 is 0 Å². The molecular weight excluding hydrogens is 603 g/mol. The van der Waals surface area contributed by atoms with E-state index in [1.165, 1.54) is 33.7 Å². The number of imidazole rings is 1. The molecule has 14 heteroatoms. The molecule has 0 saturated carbocycles. The molecule has 4 heterocycles. The van der Waals surface area contributed by atoms with Gasteiger partial charge in [-0.3, -0.25) is 19.3 Å². The minimum Gasteiger partial charge on any atom is -0.497 e. The Morgan fingerprint density at radius 3 is 2.61 bits per heavy atom. The molecule has 0 atom stereocenters. The third kappa shape index (κ3) is 5.78. The number of benzene rings is 2. The summed E-state index contributed by atoms with van der Waals surface area (Å²) in [5.41, 5.74) is 1.71. The standard InChI is InChI=1S/C32H30F3N7O4/c1-40-17-26(29(39-40)32(33,34)35)22-12-19(16-41-10-7-36-18-41)13-23-21(22)5-9-42(31(23)44)27-4-6-37-28-24(27)14-20(46-3)15-25(28)30(43)38-8-11-45-2/h4,6-7,10,12-15,17-18H,5,8-9,11,16H2,1-3H3,(H,38,43). The summed E-state index contributed by atoms with van der Waals surface area (Å²) < 4.78 is 55.8. The number of amides is 2. The summed E-state index contributed by atoms with van der Waals surface area (Å²) in [6.07, 6.45) is 3.35. The molecule has 1 N–H and O–H groups in total. The smallest absolute Gasteiger partial charge is 0.435 e. The zero-order valence-electron chi connectivity index (χ0n) is 25.3. The summed E-state index contributed by atoms with van der Waals surface area (Å²) in [6, 6.07) is 8.37. The van der Waals surface area contributed by atoms with Crippen LogP contribution < -0.4 is 15.0 Å². The van der Waals surface area contributed by atoms with E-state index < -0.39 is 17.8 Å². The van der Waals surface area contributed by atoms with Gasteiger partial charge < -0.3 is 24.3 Å². The number of ether oxygens (including phenoxy) is 2. The molecule has 0 spiro atoms. The number of nitrogens with one attached hydrogen (secondary N) is 1. The topological polar surface area (TPSA) is 116 Å². The number of nitrogens with zero attached hydrogens (tertiary/aromatic N) is 6. The van der Waals surface area contributed by atoms with Crippen molar-refractivity contribution in [3.63, 3.8) is 0 Å². The normalized spacial score (nSPS) is 13.3. The molecule has 238 valence electrons. The summed E-state index contributed by atoms with van der Waals surface area (Å²) in [5.74, 6) is -0.384. The van der Waals surface area contributed by atoms with E-state index in [0.717, 1.165) is 4.68 Å². The van der Waals surface area contributed by atoms with Crippen molar-refractivity contribution in [1.29, 1.82) is 0 Å². The number of halogens is 3. The van der Waals surface area contributed by atoms with Crippen molar-refractivity contribution < 1.29 is 32.2 Å². The van der Waals surface area contributed by atoms with Gasteiger partial charge in [-0.25, -0.2) is 4.98 Å². The van der Waals surface area contributed by atoms with Crippen LogP contribution in [0.5, 0.6) is 5.75 Å². The van der Waals surface area contributed by atoms with Crippen molar-refractivity contribution in [2.45, 2.75) is 19.1 Å². The maximum Gasteiger partial charge on any atom is 0.435 e. The Kier molecular flexibility index (Phi) is 8.21. The quantitative estimate of drug-likeness (QED) is 0.238. The van der Waals surface area contributed by atoms with Crippen molar-refractivity contribution in [2.75, 3.05) is 38.8 Å². The highest BCUT2D eigenvalue weighted by atomic mass is 19.4. The first kappa shape index (κ1) is 30.8. The van der Waals surface area contributed by atoms with Gasteiger partial charge in [-0.05, 0) is 53.4 Å². The Balaban J connectivity index is 1.48. The van der Waals surface area contributed by atoms with Crippen LogP contribution in [0.1, 0.15) is 37.5 Å². The predicted molar refractivity (Wildman–Crippen MR) is 163 cm³/mol. The van der Waals surface area contributed by atoms with Crippen LogP contribution in [0.15, 0.2) is 61.4 Å². The van der Waals surface area contributed by atoms with Gasteiger partial charge in [0, 0.05) is 75.1 Å². The van der Waals surface area contributed by atoms with Gasteiger partial charge in [0.05, 0.1) is 36.8 Å². The summed E-state index contributed by atoms with van der Waals surface area (Å²) in [5, 5.41) is 7.02. The van der Waals surface area contributed by atoms with Gasteiger partial charge in [0.2, 0.25) is 0 Å². The first-order valence-corrected chi connectivity index (χ1v) is 14.4. The largest absolute Gasteiger partial charge is 0.497 e. The Bertz CT molecular complexity index is 1940. The van der Waals surface area contributed by atoms with Gasteiger partial charge in [-0.15, -0.1) is 0 Å². The van der Waals surface area contributed by atoms with E-state index in [2.05, 4.69) is 20.4 Å². The van der Waals surface area contributed by atoms with Crippen molar-refractivity contribution in [1.82, 2.24) is 29.6 Å². The number of rotatable bonds is 9. The minimum absolute atomic E-state index is 0.0943. The van der Waals surface area contributed by atoms with Crippen molar-refractivity contribution in [3.05, 3.63) is 89.4 Å². The van der Waals surface area contributed by atoms with Gasteiger partial charge in [0.25, 0.3) is 11.8 Å². The predicted octanol–water partition coefficient (Wildman–Crippen LogP) is 4.49. The number of hydrogen-bond donors (Lipinski definition) is 1. The van der Waals surface area contributed by atoms with Gasteiger partial charge >= 0.3 is 6.18 Å². The molecule has 46 heavy (non-hydrogen) atoms. The molecule has 2 amide bonds. The van der Waals surface area contributed by atoms with Gasteiger partial charge in [0.1, 0.15) is 5.75 Å². The number of methoxy groups -OCH3 is 2. The lowest BCUT2D eigenvalue weighted by atomic mass is 9.87. The minimum atomic E-state index is -4.70. The molecule has 1 aliphatic rings. The molecule has 11 nitrogen and oxygen atoms in total. The van der Waals surface area contributed by atoms with E-state index in [4.69, 9.17) is 9.47 Å². The molecule has 0 fully saturated rings. The number of pyridine rings is 1. The lowest BCUT2D eigenvalue weighted by Gasteiger charge is -2.31. The third-order valence-electron chi connectivity index (χ3n) is 7.84. The molecule has 6 rings (SSSR count). The Morgan fingerprint density at radius 2 is 1.89 bits per heavy atom. The number of hydrogen-bond acceptors (Lipinski definition) is 7. The van der Waals surface area contributed by atoms with Crippen LogP contribution in [0.2, 0.25) is 0 Å². The number of carbonyl (C=O) groups is 2. The SMILES string of the molecule is COCCNC(=O)c1cc(OC)cc2c(N3CCc4c(cc(Cn5ccnc5)cc4-c4cn(C)nc4C(F)(F)F)C3=O)ccnc12. The van der Waals surface area contributed by atoms with Crippen LogP contribution in [-0.4, -0.2) is 70.0 Å². The summed E-state index contributed by atoms with van der Waals surface area (Å²) in [4.78, 5) is 37.6. The Hall–Kier alpha value is -5.24. The second-order valence-corrected chi connectivity index (χ2v) is 10.8. The number of anilines is 1. The molecule has 0 radical (unpaired) electrons. The van der Waals surface area contributed by atoms with E-state index >= 15 is 0 Å². The second-order valence-electron chi connectivity index (χ2n) is 10.8. The molecule has 0 bridgehead atoms. The van der Waals surface area contributed by atoms with Crippen molar-refractivity contribution >= 4 is 28.4 Å². The highest BCUT2D eigenvalue weighted by molar-refractivity contribution is 6.15. The van der Waals surface area contributed by atoms with E-state index in [0.29, 0.717) is 45.6 Å². The maximum absolute atomic E-state index is 14.4. The van der Waals surface area contributed by atoms with Gasteiger partial charge in [0.15, 0.2) is 5.69 Å².